The third-order valence-electron chi connectivity index (χ3n) is 5.28. The van der Waals surface area contributed by atoms with Gasteiger partial charge in [-0.25, -0.2) is 0 Å². The molecule has 0 aromatic heterocycles. The van der Waals surface area contributed by atoms with Gasteiger partial charge in [0.05, 0.1) is 11.6 Å². The molecule has 2 unspecified atom stereocenters. The van der Waals surface area contributed by atoms with E-state index in [2.05, 4.69) is 6.92 Å². The van der Waals surface area contributed by atoms with Crippen LogP contribution < -0.4 is 5.73 Å². The molecule has 6 heteroatoms. The molecule has 0 bridgehead atoms. The van der Waals surface area contributed by atoms with E-state index < -0.39 is 11.7 Å². The lowest BCUT2D eigenvalue weighted by molar-refractivity contribution is -0.137. The Kier molecular flexibility index (Phi) is 4.58. The molecule has 0 amide bonds. The molecule has 1 heterocycles. The van der Waals surface area contributed by atoms with Gasteiger partial charge >= 0.3 is 6.18 Å². The van der Waals surface area contributed by atoms with E-state index in [1.54, 1.807) is 0 Å². The van der Waals surface area contributed by atoms with Crippen LogP contribution in [0.5, 0.6) is 5.75 Å². The summed E-state index contributed by atoms with van der Waals surface area (Å²) in [5.74, 6) is -0.0558. The van der Waals surface area contributed by atoms with Crippen LogP contribution in [0.3, 0.4) is 0 Å². The summed E-state index contributed by atoms with van der Waals surface area (Å²) in [5, 5.41) is 10.4. The monoisotopic (exact) mass is 352 g/mol. The van der Waals surface area contributed by atoms with Crippen LogP contribution in [0.1, 0.15) is 43.4 Å². The lowest BCUT2D eigenvalue weighted by atomic mass is 9.77. The molecule has 0 saturated heterocycles. The highest BCUT2D eigenvalue weighted by Gasteiger charge is 2.36. The first-order valence-corrected chi connectivity index (χ1v) is 8.49. The Morgan fingerprint density at radius 1 is 1.28 bits per heavy atom. The van der Waals surface area contributed by atoms with E-state index >= 15 is 0 Å². The fourth-order valence-electron chi connectivity index (χ4n) is 3.99. The lowest BCUT2D eigenvalue weighted by Gasteiger charge is -2.36. The van der Waals surface area contributed by atoms with Crippen molar-refractivity contribution in [2.45, 2.75) is 38.4 Å². The molecule has 0 saturated carbocycles. The van der Waals surface area contributed by atoms with Crippen molar-refractivity contribution in [3.63, 3.8) is 0 Å². The average molecular weight is 352 g/mol. The number of nitrogens with two attached hydrogens (primary N) is 1. The van der Waals surface area contributed by atoms with Crippen molar-refractivity contribution in [1.82, 2.24) is 4.90 Å². The molecule has 136 valence electrons. The summed E-state index contributed by atoms with van der Waals surface area (Å²) in [6.45, 7) is 2.70. The van der Waals surface area contributed by atoms with Gasteiger partial charge in [0.25, 0.3) is 0 Å². The molecule has 25 heavy (non-hydrogen) atoms. The number of allylic oxidation sites excluding steroid dienone is 1. The van der Waals surface area contributed by atoms with Gasteiger partial charge in [0, 0.05) is 17.8 Å². The first-order valence-electron chi connectivity index (χ1n) is 8.49. The first-order chi connectivity index (χ1) is 11.7. The zero-order valence-electron chi connectivity index (χ0n) is 14.4. The topological polar surface area (TPSA) is 49.5 Å². The summed E-state index contributed by atoms with van der Waals surface area (Å²) in [7, 11) is 1.91. The van der Waals surface area contributed by atoms with Crippen LogP contribution in [0.4, 0.5) is 13.2 Å². The van der Waals surface area contributed by atoms with Crippen molar-refractivity contribution in [1.29, 1.82) is 0 Å². The van der Waals surface area contributed by atoms with Crippen LogP contribution in [-0.2, 0) is 6.18 Å². The second-order valence-corrected chi connectivity index (χ2v) is 7.00. The van der Waals surface area contributed by atoms with E-state index in [4.69, 9.17) is 5.73 Å². The van der Waals surface area contributed by atoms with E-state index in [0.717, 1.165) is 48.2 Å². The van der Waals surface area contributed by atoms with Crippen molar-refractivity contribution in [3.05, 3.63) is 52.2 Å². The van der Waals surface area contributed by atoms with Gasteiger partial charge in [0.15, 0.2) is 0 Å². The number of nitrogens with zero attached hydrogens (tertiary/aromatic N) is 1. The number of rotatable bonds is 1. The van der Waals surface area contributed by atoms with Crippen molar-refractivity contribution in [2.24, 2.45) is 11.7 Å². The number of phenols is 1. The average Bonchev–Trinajstić information content (AvgIpc) is 2.66. The molecule has 2 aliphatic rings. The van der Waals surface area contributed by atoms with Gasteiger partial charge in [-0.05, 0) is 61.6 Å². The molecular formula is C19H23F3N2O. The van der Waals surface area contributed by atoms with Crippen LogP contribution in [0.2, 0.25) is 0 Å². The fraction of sp³-hybridized carbons (Fsp3) is 0.474. The quantitative estimate of drug-likeness (QED) is 0.790. The number of aromatic hydroxyl groups is 1. The molecule has 1 aliphatic carbocycles. The molecule has 0 spiro atoms. The molecule has 0 fully saturated rings. The Morgan fingerprint density at radius 2 is 2.00 bits per heavy atom. The Bertz CT molecular complexity index is 737. The van der Waals surface area contributed by atoms with Crippen molar-refractivity contribution < 1.29 is 18.3 Å². The number of hydrogen-bond acceptors (Lipinski definition) is 3. The Hall–Kier alpha value is -1.95. The summed E-state index contributed by atoms with van der Waals surface area (Å²) in [6, 6.07) is 2.98. The summed E-state index contributed by atoms with van der Waals surface area (Å²) >= 11 is 0. The molecule has 2 atom stereocenters. The minimum Gasteiger partial charge on any atom is -0.508 e. The van der Waals surface area contributed by atoms with Gasteiger partial charge in [0.1, 0.15) is 5.75 Å². The van der Waals surface area contributed by atoms with Gasteiger partial charge in [-0.3, -0.25) is 4.90 Å². The molecule has 0 radical (unpaired) electrons. The smallest absolute Gasteiger partial charge is 0.416 e. The van der Waals surface area contributed by atoms with E-state index in [-0.39, 0.29) is 17.7 Å². The van der Waals surface area contributed by atoms with Gasteiger partial charge in [-0.15, -0.1) is 0 Å². The fourth-order valence-corrected chi connectivity index (χ4v) is 3.99. The van der Waals surface area contributed by atoms with E-state index in [0.29, 0.717) is 12.1 Å². The van der Waals surface area contributed by atoms with Crippen LogP contribution in [0, 0.1) is 5.92 Å². The van der Waals surface area contributed by atoms with Gasteiger partial charge in [-0.2, -0.15) is 13.2 Å². The van der Waals surface area contributed by atoms with E-state index in [1.165, 1.54) is 6.07 Å². The minimum absolute atomic E-state index is 0.267. The molecule has 1 aliphatic heterocycles. The Morgan fingerprint density at radius 3 is 2.64 bits per heavy atom. The molecule has 3 N–H and O–H groups in total. The maximum atomic E-state index is 12.9. The molecule has 1 aromatic carbocycles. The number of phenolic OH excluding ortho intramolecular Hbond substituents is 1. The molecule has 3 nitrogen and oxygen atoms in total. The summed E-state index contributed by atoms with van der Waals surface area (Å²) in [4.78, 5) is 2.03. The standard InChI is InChI=1S/C19H23F3N2O/c1-11-4-3-5-13-15(23)8-9-24(2)18(17(11)13)14-7-6-12(10-16(14)25)19(20,21)22/h6-8,10-11,18,25H,3-5,9,23H2,1-2H3. The van der Waals surface area contributed by atoms with Crippen LogP contribution in [0.15, 0.2) is 41.1 Å². The number of alkyl halides is 3. The maximum Gasteiger partial charge on any atom is 0.416 e. The molecule has 1 aromatic rings. The highest BCUT2D eigenvalue weighted by molar-refractivity contribution is 5.48. The zero-order valence-corrected chi connectivity index (χ0v) is 14.4. The van der Waals surface area contributed by atoms with Gasteiger partial charge < -0.3 is 10.8 Å². The maximum absolute atomic E-state index is 12.9. The van der Waals surface area contributed by atoms with Crippen molar-refractivity contribution >= 4 is 0 Å². The van der Waals surface area contributed by atoms with Gasteiger partial charge in [0.2, 0.25) is 0 Å². The first kappa shape index (κ1) is 17.9. The number of benzene rings is 1. The second kappa shape index (κ2) is 6.41. The molecule has 3 rings (SSSR count). The number of hydrogen-bond donors (Lipinski definition) is 2. The summed E-state index contributed by atoms with van der Waals surface area (Å²) in [6.07, 6.45) is 0.407. The molecular weight excluding hydrogens is 329 g/mol. The van der Waals surface area contributed by atoms with Crippen LogP contribution in [0.25, 0.3) is 0 Å². The normalized spacial score (nSPS) is 25.4. The van der Waals surface area contributed by atoms with Crippen molar-refractivity contribution in [2.75, 3.05) is 13.6 Å². The predicted octanol–water partition coefficient (Wildman–Crippen LogP) is 4.36. The Labute approximate surface area is 145 Å². The van der Waals surface area contributed by atoms with Gasteiger partial charge in [-0.1, -0.05) is 13.0 Å². The Balaban J connectivity index is 2.13. The third-order valence-corrected chi connectivity index (χ3v) is 5.28. The van der Waals surface area contributed by atoms with Crippen molar-refractivity contribution in [3.8, 4) is 5.75 Å². The third kappa shape index (κ3) is 3.27. The number of halogens is 3. The zero-order chi connectivity index (χ0) is 18.4. The highest BCUT2D eigenvalue weighted by Crippen LogP contribution is 2.46. The lowest BCUT2D eigenvalue weighted by Crippen LogP contribution is -2.29. The number of likely N-dealkylation sites (N-methyl/N-ethyl adjacent to an activating group) is 1. The van der Waals surface area contributed by atoms with E-state index in [1.807, 2.05) is 18.0 Å². The van der Waals surface area contributed by atoms with Crippen LogP contribution >= 0.6 is 0 Å². The second-order valence-electron chi connectivity index (χ2n) is 7.00. The summed E-state index contributed by atoms with van der Waals surface area (Å²) in [5.41, 5.74) is 8.86. The minimum atomic E-state index is -4.47. The summed E-state index contributed by atoms with van der Waals surface area (Å²) < 4.78 is 38.7. The van der Waals surface area contributed by atoms with Crippen LogP contribution in [-0.4, -0.2) is 23.6 Å². The predicted molar refractivity (Wildman–Crippen MR) is 90.8 cm³/mol. The largest absolute Gasteiger partial charge is 0.508 e. The highest BCUT2D eigenvalue weighted by atomic mass is 19.4. The SMILES string of the molecule is CC1CCCC2=C1C(c1ccc(C(F)(F)F)cc1O)N(C)CC=C2N. The van der Waals surface area contributed by atoms with E-state index in [9.17, 15) is 18.3 Å².